The Labute approximate surface area is 122 Å². The lowest BCUT2D eigenvalue weighted by atomic mass is 10.4. The van der Waals surface area contributed by atoms with Gasteiger partial charge in [-0.3, -0.25) is 4.79 Å². The van der Waals surface area contributed by atoms with Crippen LogP contribution in [-0.4, -0.2) is 39.1 Å². The monoisotopic (exact) mass is 299 g/mol. The second-order valence-corrected chi connectivity index (χ2v) is 6.16. The molecule has 1 aliphatic rings. The van der Waals surface area contributed by atoms with Crippen LogP contribution in [0.5, 0.6) is 0 Å². The van der Waals surface area contributed by atoms with E-state index in [2.05, 4.69) is 15.4 Å². The quantitative estimate of drug-likeness (QED) is 0.862. The van der Waals surface area contributed by atoms with Gasteiger partial charge in [-0.1, -0.05) is 29.1 Å². The fourth-order valence-corrected chi connectivity index (χ4v) is 3.11. The number of hydrogen-bond acceptors (Lipinski definition) is 5. The summed E-state index contributed by atoms with van der Waals surface area (Å²) in [6.07, 6.45) is 2.85. The lowest BCUT2D eigenvalue weighted by molar-refractivity contribution is -0.115. The van der Waals surface area contributed by atoms with Crippen molar-refractivity contribution >= 4 is 40.0 Å². The van der Waals surface area contributed by atoms with Gasteiger partial charge in [0.2, 0.25) is 5.91 Å². The van der Waals surface area contributed by atoms with Gasteiger partial charge in [-0.15, -0.1) is 0 Å². The Balaban J connectivity index is 1.65. The molecule has 0 saturated carbocycles. The van der Waals surface area contributed by atoms with E-state index < -0.39 is 0 Å². The second-order valence-electron chi connectivity index (χ2n) is 4.43. The number of nitrogens with zero attached hydrogens (tertiary/aromatic N) is 2. The zero-order valence-corrected chi connectivity index (χ0v) is 12.5. The Morgan fingerprint density at radius 1 is 1.58 bits per heavy atom. The maximum absolute atomic E-state index is 11.7. The first-order chi connectivity index (χ1) is 9.15. The number of carbonyl (C=O) groups is 1. The van der Waals surface area contributed by atoms with E-state index in [9.17, 15) is 4.79 Å². The van der Waals surface area contributed by atoms with E-state index in [4.69, 9.17) is 16.7 Å². The van der Waals surface area contributed by atoms with Crippen LogP contribution in [0.25, 0.3) is 0 Å². The minimum Gasteiger partial charge on any atom is -0.360 e. The second kappa shape index (κ2) is 6.91. The molecule has 19 heavy (non-hydrogen) atoms. The molecular weight excluding hydrogens is 282 g/mol. The summed E-state index contributed by atoms with van der Waals surface area (Å²) in [6, 6.07) is 1.69. The third kappa shape index (κ3) is 4.50. The van der Waals surface area contributed by atoms with E-state index >= 15 is 0 Å². The number of carbonyl (C=O) groups excluding carboxylic acids is 1. The van der Waals surface area contributed by atoms with Crippen molar-refractivity contribution in [3.05, 3.63) is 11.8 Å². The molecule has 1 aromatic heterocycles. The molecule has 1 saturated heterocycles. The molecule has 1 amide bonds. The highest BCUT2D eigenvalue weighted by Gasteiger charge is 2.15. The summed E-state index contributed by atoms with van der Waals surface area (Å²) in [5.74, 6) is 1.78. The topological polar surface area (TPSA) is 58.4 Å². The van der Waals surface area contributed by atoms with E-state index in [0.717, 1.165) is 17.4 Å². The summed E-state index contributed by atoms with van der Waals surface area (Å²) in [4.78, 5) is 13.9. The van der Waals surface area contributed by atoms with Crippen molar-refractivity contribution in [2.24, 2.45) is 0 Å². The van der Waals surface area contributed by atoms with Gasteiger partial charge in [0.25, 0.3) is 0 Å². The number of anilines is 1. The van der Waals surface area contributed by atoms with Crippen molar-refractivity contribution in [3.8, 4) is 0 Å². The SMILES string of the molecule is Cc1cc(NC(=O)CCSC(=S)N2CCCC2)no1. The molecule has 0 bridgehead atoms. The Morgan fingerprint density at radius 3 is 2.95 bits per heavy atom. The molecule has 0 aliphatic carbocycles. The van der Waals surface area contributed by atoms with Gasteiger partial charge < -0.3 is 14.7 Å². The summed E-state index contributed by atoms with van der Waals surface area (Å²) in [5, 5.41) is 6.41. The van der Waals surface area contributed by atoms with Gasteiger partial charge in [-0.05, 0) is 19.8 Å². The van der Waals surface area contributed by atoms with Crippen molar-refractivity contribution in [2.75, 3.05) is 24.2 Å². The van der Waals surface area contributed by atoms with Crippen LogP contribution in [0.1, 0.15) is 25.0 Å². The highest BCUT2D eigenvalue weighted by Crippen LogP contribution is 2.17. The van der Waals surface area contributed by atoms with Crippen LogP contribution in [0.15, 0.2) is 10.6 Å². The van der Waals surface area contributed by atoms with Crippen molar-refractivity contribution in [2.45, 2.75) is 26.2 Å². The zero-order valence-electron chi connectivity index (χ0n) is 10.8. The molecule has 0 unspecified atom stereocenters. The number of aromatic nitrogens is 1. The summed E-state index contributed by atoms with van der Waals surface area (Å²) in [7, 11) is 0. The number of likely N-dealkylation sites (tertiary alicyclic amines) is 1. The largest absolute Gasteiger partial charge is 0.360 e. The Morgan fingerprint density at radius 2 is 2.32 bits per heavy atom. The van der Waals surface area contributed by atoms with Gasteiger partial charge >= 0.3 is 0 Å². The lowest BCUT2D eigenvalue weighted by Crippen LogP contribution is -2.24. The van der Waals surface area contributed by atoms with Crippen LogP contribution in [0.2, 0.25) is 0 Å². The maximum atomic E-state index is 11.7. The van der Waals surface area contributed by atoms with E-state index in [0.29, 0.717) is 23.8 Å². The minimum absolute atomic E-state index is 0.0648. The average Bonchev–Trinajstić information content (AvgIpc) is 3.00. The van der Waals surface area contributed by atoms with Crippen molar-refractivity contribution in [1.82, 2.24) is 10.1 Å². The third-order valence-electron chi connectivity index (χ3n) is 2.81. The van der Waals surface area contributed by atoms with E-state index in [1.54, 1.807) is 24.8 Å². The number of hydrogen-bond donors (Lipinski definition) is 1. The number of thiocarbonyl (C=S) groups is 1. The first-order valence-electron chi connectivity index (χ1n) is 6.30. The molecule has 104 valence electrons. The van der Waals surface area contributed by atoms with Gasteiger partial charge in [0.15, 0.2) is 5.82 Å². The van der Waals surface area contributed by atoms with Gasteiger partial charge in [-0.25, -0.2) is 0 Å². The van der Waals surface area contributed by atoms with Crippen molar-refractivity contribution < 1.29 is 9.32 Å². The molecule has 0 atom stereocenters. The van der Waals surface area contributed by atoms with Crippen LogP contribution in [0.4, 0.5) is 5.82 Å². The van der Waals surface area contributed by atoms with Gasteiger partial charge in [0, 0.05) is 31.3 Å². The summed E-state index contributed by atoms with van der Waals surface area (Å²) < 4.78 is 5.78. The molecule has 1 aliphatic heterocycles. The van der Waals surface area contributed by atoms with Crippen LogP contribution in [0.3, 0.4) is 0 Å². The average molecular weight is 299 g/mol. The van der Waals surface area contributed by atoms with Crippen LogP contribution in [-0.2, 0) is 4.79 Å². The molecule has 0 aromatic carbocycles. The molecule has 0 spiro atoms. The third-order valence-corrected chi connectivity index (χ3v) is 4.34. The summed E-state index contributed by atoms with van der Waals surface area (Å²) in [5.41, 5.74) is 0. The maximum Gasteiger partial charge on any atom is 0.226 e. The highest BCUT2D eigenvalue weighted by atomic mass is 32.2. The first-order valence-corrected chi connectivity index (χ1v) is 7.69. The van der Waals surface area contributed by atoms with Gasteiger partial charge in [0.05, 0.1) is 0 Å². The Hall–Kier alpha value is -1.08. The number of nitrogens with one attached hydrogen (secondary N) is 1. The normalized spacial score (nSPS) is 14.7. The number of amides is 1. The van der Waals surface area contributed by atoms with Gasteiger partial charge in [0.1, 0.15) is 10.1 Å². The molecule has 1 fully saturated rings. The number of aryl methyl sites for hydroxylation is 1. The van der Waals surface area contributed by atoms with E-state index in [-0.39, 0.29) is 5.91 Å². The van der Waals surface area contributed by atoms with Crippen molar-refractivity contribution in [3.63, 3.8) is 0 Å². The predicted octanol–water partition coefficient (Wildman–Crippen LogP) is 2.43. The molecule has 7 heteroatoms. The standard InChI is InChI=1S/C12H17N3O2S2/c1-9-8-10(14-17-9)13-11(16)4-7-19-12(18)15-5-2-3-6-15/h8H,2-7H2,1H3,(H,13,14,16). The fourth-order valence-electron chi connectivity index (χ4n) is 1.85. The molecular formula is C12H17N3O2S2. The molecule has 2 heterocycles. The Kier molecular flexibility index (Phi) is 5.21. The van der Waals surface area contributed by atoms with Crippen LogP contribution < -0.4 is 5.32 Å². The minimum atomic E-state index is -0.0648. The fraction of sp³-hybridized carbons (Fsp3) is 0.583. The van der Waals surface area contributed by atoms with Crippen LogP contribution >= 0.6 is 24.0 Å². The predicted molar refractivity (Wildman–Crippen MR) is 80.3 cm³/mol. The van der Waals surface area contributed by atoms with Crippen molar-refractivity contribution in [1.29, 1.82) is 0 Å². The lowest BCUT2D eigenvalue weighted by Gasteiger charge is -2.17. The van der Waals surface area contributed by atoms with E-state index in [1.165, 1.54) is 12.8 Å². The van der Waals surface area contributed by atoms with Crippen LogP contribution in [0, 0.1) is 6.92 Å². The smallest absolute Gasteiger partial charge is 0.226 e. The summed E-state index contributed by atoms with van der Waals surface area (Å²) in [6.45, 7) is 3.89. The summed E-state index contributed by atoms with van der Waals surface area (Å²) >= 11 is 6.90. The van der Waals surface area contributed by atoms with E-state index in [1.807, 2.05) is 0 Å². The number of rotatable bonds is 4. The van der Waals surface area contributed by atoms with Gasteiger partial charge in [-0.2, -0.15) is 0 Å². The zero-order chi connectivity index (χ0) is 13.7. The Bertz CT molecular complexity index is 456. The molecule has 5 nitrogen and oxygen atoms in total. The molecule has 0 radical (unpaired) electrons. The highest BCUT2D eigenvalue weighted by molar-refractivity contribution is 8.22. The molecule has 2 rings (SSSR count). The first kappa shape index (κ1) is 14.3. The number of thioether (sulfide) groups is 1. The molecule has 1 N–H and O–H groups in total. The molecule has 1 aromatic rings.